The molecule has 0 amide bonds. The topological polar surface area (TPSA) is 156 Å². The molecule has 2 aliphatic heterocycles. The van der Waals surface area contributed by atoms with Gasteiger partial charge in [0.2, 0.25) is 5.88 Å². The van der Waals surface area contributed by atoms with E-state index in [1.165, 1.54) is 20.3 Å². The van der Waals surface area contributed by atoms with E-state index < -0.39 is 41.8 Å². The lowest BCUT2D eigenvalue weighted by Gasteiger charge is -2.31. The number of ether oxygens (including phenoxy) is 8. The summed E-state index contributed by atoms with van der Waals surface area (Å²) in [6, 6.07) is 21.3. The van der Waals surface area contributed by atoms with Gasteiger partial charge >= 0.3 is 12.0 Å². The van der Waals surface area contributed by atoms with E-state index >= 15 is 8.78 Å². The molecular formula is C52H56F3N5O10. The summed E-state index contributed by atoms with van der Waals surface area (Å²) in [5.74, 6) is -0.00579. The number of hydrogen-bond donors (Lipinski definition) is 1. The van der Waals surface area contributed by atoms with Crippen molar-refractivity contribution in [3.63, 3.8) is 0 Å². The summed E-state index contributed by atoms with van der Waals surface area (Å²) >= 11 is 0. The first kappa shape index (κ1) is 49.4. The van der Waals surface area contributed by atoms with Crippen molar-refractivity contribution in [3.8, 4) is 40.6 Å². The normalized spacial score (nSPS) is 16.9. The van der Waals surface area contributed by atoms with E-state index in [0.717, 1.165) is 24.1 Å². The van der Waals surface area contributed by atoms with E-state index in [2.05, 4.69) is 14.9 Å². The molecule has 0 aliphatic carbocycles. The van der Waals surface area contributed by atoms with Crippen LogP contribution in [0.5, 0.6) is 40.6 Å². The molecule has 70 heavy (non-hydrogen) atoms. The Bertz CT molecular complexity index is 2760. The summed E-state index contributed by atoms with van der Waals surface area (Å²) in [5, 5.41) is 12.2. The maximum Gasteiger partial charge on any atom is 0.345 e. The van der Waals surface area contributed by atoms with Crippen molar-refractivity contribution in [2.24, 2.45) is 0 Å². The van der Waals surface area contributed by atoms with Crippen LogP contribution < -0.4 is 38.1 Å². The molecule has 6 aromatic rings. The Morgan fingerprint density at radius 2 is 1.47 bits per heavy atom. The predicted octanol–water partition coefficient (Wildman–Crippen LogP) is 8.54. The molecule has 4 aromatic carbocycles. The molecule has 8 rings (SSSR count). The van der Waals surface area contributed by atoms with E-state index in [-0.39, 0.29) is 91.3 Å². The van der Waals surface area contributed by atoms with Crippen molar-refractivity contribution in [1.82, 2.24) is 19.9 Å². The van der Waals surface area contributed by atoms with Gasteiger partial charge in [0.05, 0.1) is 65.0 Å². The lowest BCUT2D eigenvalue weighted by Crippen LogP contribution is -2.43. The molecule has 2 fully saturated rings. The number of benzene rings is 4. The van der Waals surface area contributed by atoms with Crippen molar-refractivity contribution in [1.29, 1.82) is 0 Å². The molecule has 370 valence electrons. The Labute approximate surface area is 404 Å². The van der Waals surface area contributed by atoms with Crippen LogP contribution in [0.15, 0.2) is 78.9 Å². The second kappa shape index (κ2) is 21.7. The second-order valence-corrected chi connectivity index (χ2v) is 17.1. The number of hydrogen-bond acceptors (Lipinski definition) is 15. The number of rotatable bonds is 21. The van der Waals surface area contributed by atoms with Gasteiger partial charge in [0.1, 0.15) is 71.1 Å². The van der Waals surface area contributed by atoms with Gasteiger partial charge in [-0.1, -0.05) is 12.1 Å². The Morgan fingerprint density at radius 3 is 2.10 bits per heavy atom. The van der Waals surface area contributed by atoms with Gasteiger partial charge in [0, 0.05) is 72.8 Å². The molecule has 18 heteroatoms. The number of alkyl halides is 1. The standard InChI is InChI=1S/C52H56F3N5O10/c1-7-68-50(62)47-41(56-51(70-30-52-19-8-20-60(52)28-34(53)25-52)58-49(47)69-29-31-9-13-35(63-2)14-10-31)24-42(61)46-40(55)23-39(54)38-17-18-45(57-48(38)46)59(26-32-11-15-36(64-3)21-43(32)66-5)27-33-12-16-37(65-4)22-44(33)67-6/h9-18,21-23,34,42,61H,7-8,19-20,24-30H2,1-6H3/t34-,42?,52?/m1/s1. The molecule has 2 saturated heterocycles. The highest BCUT2D eigenvalue weighted by Crippen LogP contribution is 2.41. The first-order valence-electron chi connectivity index (χ1n) is 22.9. The van der Waals surface area contributed by atoms with E-state index in [9.17, 15) is 14.3 Å². The van der Waals surface area contributed by atoms with Crippen molar-refractivity contribution >= 4 is 22.7 Å². The summed E-state index contributed by atoms with van der Waals surface area (Å²) < 4.78 is 92.8. The highest BCUT2D eigenvalue weighted by molar-refractivity contribution is 5.93. The molecule has 0 saturated carbocycles. The molecule has 0 radical (unpaired) electrons. The smallest absolute Gasteiger partial charge is 0.345 e. The molecule has 4 heterocycles. The number of pyridine rings is 1. The Hall–Kier alpha value is -7.05. The zero-order chi connectivity index (χ0) is 49.5. The highest BCUT2D eigenvalue weighted by atomic mass is 19.1. The second-order valence-electron chi connectivity index (χ2n) is 17.1. The quantitative estimate of drug-likeness (QED) is 0.0685. The highest BCUT2D eigenvalue weighted by Gasteiger charge is 2.49. The van der Waals surface area contributed by atoms with Gasteiger partial charge in [0.25, 0.3) is 0 Å². The minimum absolute atomic E-state index is 0.0367. The third kappa shape index (κ3) is 10.6. The minimum atomic E-state index is -1.79. The van der Waals surface area contributed by atoms with Gasteiger partial charge in [-0.2, -0.15) is 9.97 Å². The number of esters is 1. The molecule has 2 aliphatic rings. The van der Waals surface area contributed by atoms with Crippen LogP contribution in [-0.2, 0) is 30.9 Å². The van der Waals surface area contributed by atoms with E-state index in [0.29, 0.717) is 46.8 Å². The molecule has 0 spiro atoms. The van der Waals surface area contributed by atoms with Gasteiger partial charge in [-0.15, -0.1) is 0 Å². The number of methoxy groups -OCH3 is 5. The van der Waals surface area contributed by atoms with Crippen LogP contribution in [0.1, 0.15) is 70.6 Å². The van der Waals surface area contributed by atoms with Crippen molar-refractivity contribution < 1.29 is 61.0 Å². The molecule has 2 unspecified atom stereocenters. The fraction of sp³-hybridized carbons (Fsp3) is 0.385. The van der Waals surface area contributed by atoms with Crippen molar-refractivity contribution in [2.45, 2.75) is 70.1 Å². The first-order chi connectivity index (χ1) is 33.9. The van der Waals surface area contributed by atoms with Crippen LogP contribution in [0.2, 0.25) is 0 Å². The number of aliphatic hydroxyl groups excluding tert-OH is 1. The van der Waals surface area contributed by atoms with Crippen molar-refractivity contribution in [2.75, 3.05) is 66.8 Å². The lowest BCUT2D eigenvalue weighted by molar-refractivity contribution is 0.0515. The summed E-state index contributed by atoms with van der Waals surface area (Å²) in [5.41, 5.74) is 0.696. The monoisotopic (exact) mass is 967 g/mol. The Balaban J connectivity index is 1.21. The van der Waals surface area contributed by atoms with Gasteiger partial charge in [0.15, 0.2) is 0 Å². The average Bonchev–Trinajstić information content (AvgIpc) is 3.90. The van der Waals surface area contributed by atoms with Crippen molar-refractivity contribution in [3.05, 3.63) is 124 Å². The van der Waals surface area contributed by atoms with E-state index in [1.54, 1.807) is 82.9 Å². The summed E-state index contributed by atoms with van der Waals surface area (Å²) in [4.78, 5) is 31.9. The fourth-order valence-electron chi connectivity index (χ4n) is 9.31. The van der Waals surface area contributed by atoms with Crippen LogP contribution in [0.3, 0.4) is 0 Å². The lowest BCUT2D eigenvalue weighted by atomic mass is 9.95. The Morgan fingerprint density at radius 1 is 0.814 bits per heavy atom. The minimum Gasteiger partial charge on any atom is -0.497 e. The fourth-order valence-corrected chi connectivity index (χ4v) is 9.31. The summed E-state index contributed by atoms with van der Waals surface area (Å²) in [7, 11) is 7.73. The molecular weight excluding hydrogens is 912 g/mol. The number of halogens is 3. The van der Waals surface area contributed by atoms with Crippen LogP contribution >= 0.6 is 0 Å². The largest absolute Gasteiger partial charge is 0.497 e. The average molecular weight is 968 g/mol. The number of fused-ring (bicyclic) bond motifs is 2. The number of aliphatic hydroxyl groups is 1. The van der Waals surface area contributed by atoms with Crippen LogP contribution in [0.4, 0.5) is 19.0 Å². The molecule has 15 nitrogen and oxygen atoms in total. The van der Waals surface area contributed by atoms with Crippen LogP contribution in [-0.4, -0.2) is 104 Å². The predicted molar refractivity (Wildman–Crippen MR) is 253 cm³/mol. The molecule has 1 N–H and O–H groups in total. The van der Waals surface area contributed by atoms with Crippen LogP contribution in [0, 0.1) is 11.6 Å². The molecule has 0 bridgehead atoms. The zero-order valence-electron chi connectivity index (χ0n) is 39.9. The first-order valence-corrected chi connectivity index (χ1v) is 22.9. The summed E-state index contributed by atoms with van der Waals surface area (Å²) in [6.07, 6.45) is -1.52. The number of carbonyl (C=O) groups excluding carboxylic acids is 1. The third-order valence-corrected chi connectivity index (χ3v) is 12.8. The zero-order valence-corrected chi connectivity index (χ0v) is 39.9. The van der Waals surface area contributed by atoms with Gasteiger partial charge in [-0.25, -0.2) is 22.9 Å². The maximum atomic E-state index is 16.5. The molecule has 3 atom stereocenters. The van der Waals surface area contributed by atoms with Gasteiger partial charge in [-0.3, -0.25) is 4.90 Å². The summed E-state index contributed by atoms with van der Waals surface area (Å²) in [6.45, 7) is 2.94. The third-order valence-electron chi connectivity index (χ3n) is 12.8. The Kier molecular flexibility index (Phi) is 15.3. The molecule has 2 aromatic heterocycles. The number of nitrogens with zero attached hydrogens (tertiary/aromatic N) is 5. The van der Waals surface area contributed by atoms with E-state index in [1.807, 2.05) is 17.0 Å². The number of carbonyl (C=O) groups is 1. The van der Waals surface area contributed by atoms with Gasteiger partial charge in [-0.05, 0) is 80.4 Å². The SMILES string of the molecule is CCOC(=O)c1c(CC(O)c2c(F)cc(F)c3ccc(N(Cc4ccc(OC)cc4OC)Cc4ccc(OC)cc4OC)nc23)nc(OCC23CCCN2C[C@H](F)C3)nc1OCc1ccc(OC)cc1. The number of anilines is 1. The van der Waals surface area contributed by atoms with Crippen LogP contribution in [0.25, 0.3) is 10.9 Å². The maximum absolute atomic E-state index is 16.5. The van der Waals surface area contributed by atoms with E-state index in [4.69, 9.17) is 42.9 Å². The van der Waals surface area contributed by atoms with Gasteiger partial charge < -0.3 is 47.9 Å². The number of aromatic nitrogens is 3.